The van der Waals surface area contributed by atoms with Crippen molar-refractivity contribution in [3.63, 3.8) is 0 Å². The topological polar surface area (TPSA) is 61.4 Å². The maximum atomic E-state index is 12.1. The number of aliphatic hydroxyl groups excluding tert-OH is 1. The van der Waals surface area contributed by atoms with Gasteiger partial charge in [0.2, 0.25) is 0 Å². The van der Waals surface area contributed by atoms with Gasteiger partial charge in [-0.05, 0) is 43.5 Å². The minimum absolute atomic E-state index is 0.0140. The van der Waals surface area contributed by atoms with Gasteiger partial charge in [0, 0.05) is 22.2 Å². The number of carbonyl (C=O) groups is 1. The van der Waals surface area contributed by atoms with Crippen LogP contribution in [0.3, 0.4) is 0 Å². The van der Waals surface area contributed by atoms with E-state index in [1.165, 1.54) is 0 Å². The Morgan fingerprint density at radius 2 is 2.30 bits per heavy atom. The summed E-state index contributed by atoms with van der Waals surface area (Å²) >= 11 is 5.89. The molecule has 0 heterocycles. The fraction of sp³-hybridized carbons (Fsp3) is 0.533. The number of urea groups is 1. The number of carbonyl (C=O) groups excluding carboxylic acids is 1. The lowest BCUT2D eigenvalue weighted by Gasteiger charge is -2.30. The zero-order valence-corrected chi connectivity index (χ0v) is 12.6. The van der Waals surface area contributed by atoms with E-state index in [1.807, 2.05) is 19.9 Å². The van der Waals surface area contributed by atoms with Crippen LogP contribution in [0.4, 0.5) is 10.5 Å². The Balaban J connectivity index is 1.99. The van der Waals surface area contributed by atoms with E-state index in [-0.39, 0.29) is 24.1 Å². The molecule has 0 saturated heterocycles. The normalized spacial score (nSPS) is 25.5. The van der Waals surface area contributed by atoms with E-state index in [9.17, 15) is 9.90 Å². The van der Waals surface area contributed by atoms with Crippen LogP contribution < -0.4 is 10.6 Å². The van der Waals surface area contributed by atoms with Crippen molar-refractivity contribution in [2.75, 3.05) is 11.9 Å². The van der Waals surface area contributed by atoms with E-state index in [1.54, 1.807) is 12.1 Å². The smallest absolute Gasteiger partial charge is 0.319 e. The number of hydrogen-bond acceptors (Lipinski definition) is 2. The summed E-state index contributed by atoms with van der Waals surface area (Å²) in [6.07, 6.45) is 2.88. The number of aryl methyl sites for hydroxylation is 1. The zero-order valence-electron chi connectivity index (χ0n) is 11.9. The van der Waals surface area contributed by atoms with Crippen LogP contribution in [0.25, 0.3) is 0 Å². The number of rotatable bonds is 3. The molecule has 0 bridgehead atoms. The maximum Gasteiger partial charge on any atom is 0.319 e. The van der Waals surface area contributed by atoms with Gasteiger partial charge in [0.1, 0.15) is 0 Å². The molecule has 4 nitrogen and oxygen atoms in total. The third-order valence-electron chi connectivity index (χ3n) is 4.19. The molecule has 2 atom stereocenters. The number of amides is 2. The lowest BCUT2D eigenvalue weighted by atomic mass is 9.86. The van der Waals surface area contributed by atoms with Gasteiger partial charge in [-0.1, -0.05) is 24.9 Å². The highest BCUT2D eigenvalue weighted by Gasteiger charge is 2.39. The highest BCUT2D eigenvalue weighted by atomic mass is 35.5. The Morgan fingerprint density at radius 3 is 2.95 bits per heavy atom. The lowest BCUT2D eigenvalue weighted by molar-refractivity contribution is 0.122. The molecule has 2 rings (SSSR count). The molecule has 0 aromatic heterocycles. The molecule has 1 aliphatic carbocycles. The van der Waals surface area contributed by atoms with E-state index in [4.69, 9.17) is 11.6 Å². The van der Waals surface area contributed by atoms with Crippen molar-refractivity contribution in [1.82, 2.24) is 5.32 Å². The molecule has 1 aromatic carbocycles. The first-order valence-corrected chi connectivity index (χ1v) is 7.27. The highest BCUT2D eigenvalue weighted by molar-refractivity contribution is 6.30. The Bertz CT molecular complexity index is 507. The van der Waals surface area contributed by atoms with Crippen molar-refractivity contribution in [2.24, 2.45) is 5.41 Å². The van der Waals surface area contributed by atoms with Gasteiger partial charge in [-0.2, -0.15) is 0 Å². The van der Waals surface area contributed by atoms with Gasteiger partial charge >= 0.3 is 6.03 Å². The fourth-order valence-corrected chi connectivity index (χ4v) is 2.98. The summed E-state index contributed by atoms with van der Waals surface area (Å²) in [6, 6.07) is 5.13. The summed E-state index contributed by atoms with van der Waals surface area (Å²) in [6.45, 7) is 4.01. The average Bonchev–Trinajstić information content (AvgIpc) is 2.75. The molecule has 2 unspecified atom stereocenters. The predicted molar refractivity (Wildman–Crippen MR) is 81.2 cm³/mol. The quantitative estimate of drug-likeness (QED) is 0.801. The second-order valence-corrected chi connectivity index (χ2v) is 6.25. The average molecular weight is 297 g/mol. The largest absolute Gasteiger partial charge is 0.396 e. The van der Waals surface area contributed by atoms with Crippen LogP contribution >= 0.6 is 11.6 Å². The summed E-state index contributed by atoms with van der Waals surface area (Å²) < 4.78 is 0. The molecule has 0 spiro atoms. The Hall–Kier alpha value is -1.26. The van der Waals surface area contributed by atoms with Crippen LogP contribution in [0.2, 0.25) is 5.02 Å². The molecule has 20 heavy (non-hydrogen) atoms. The van der Waals surface area contributed by atoms with Crippen LogP contribution in [0, 0.1) is 12.3 Å². The standard InChI is InChI=1S/C15H21ClN2O2/c1-10-8-11(16)5-6-12(10)17-14(20)18-13-4-3-7-15(13,2)9-19/h5-6,8,13,19H,3-4,7,9H2,1-2H3,(H2,17,18,20). The van der Waals surface area contributed by atoms with E-state index in [2.05, 4.69) is 10.6 Å². The Kier molecular flexibility index (Phi) is 4.55. The van der Waals surface area contributed by atoms with Gasteiger partial charge in [-0.15, -0.1) is 0 Å². The van der Waals surface area contributed by atoms with Crippen LogP contribution in [0.5, 0.6) is 0 Å². The van der Waals surface area contributed by atoms with E-state index >= 15 is 0 Å². The molecule has 110 valence electrons. The summed E-state index contributed by atoms with van der Waals surface area (Å²) in [5, 5.41) is 15.9. The van der Waals surface area contributed by atoms with Crippen molar-refractivity contribution >= 4 is 23.3 Å². The second-order valence-electron chi connectivity index (χ2n) is 5.81. The number of hydrogen-bond donors (Lipinski definition) is 3. The lowest BCUT2D eigenvalue weighted by Crippen LogP contribution is -2.46. The molecule has 3 N–H and O–H groups in total. The van der Waals surface area contributed by atoms with Crippen LogP contribution in [-0.2, 0) is 0 Å². The van der Waals surface area contributed by atoms with E-state index in [0.29, 0.717) is 5.02 Å². The summed E-state index contributed by atoms with van der Waals surface area (Å²) in [4.78, 5) is 12.1. The number of benzene rings is 1. The number of aliphatic hydroxyl groups is 1. The van der Waals surface area contributed by atoms with Crippen LogP contribution in [0.1, 0.15) is 31.7 Å². The van der Waals surface area contributed by atoms with Crippen molar-refractivity contribution < 1.29 is 9.90 Å². The molecule has 1 aromatic rings. The van der Waals surface area contributed by atoms with Crippen LogP contribution in [0.15, 0.2) is 18.2 Å². The van der Waals surface area contributed by atoms with Gasteiger partial charge in [-0.25, -0.2) is 4.79 Å². The molecule has 1 fully saturated rings. The SMILES string of the molecule is Cc1cc(Cl)ccc1NC(=O)NC1CCCC1(C)CO. The molecule has 1 aliphatic rings. The van der Waals surface area contributed by atoms with Gasteiger partial charge in [-0.3, -0.25) is 0 Å². The third kappa shape index (κ3) is 3.25. The predicted octanol–water partition coefficient (Wildman–Crippen LogP) is 3.32. The molecular weight excluding hydrogens is 276 g/mol. The summed E-state index contributed by atoms with van der Waals surface area (Å²) in [5.74, 6) is 0. The van der Waals surface area contributed by atoms with Crippen LogP contribution in [-0.4, -0.2) is 23.8 Å². The number of nitrogens with one attached hydrogen (secondary N) is 2. The number of halogens is 1. The summed E-state index contributed by atoms with van der Waals surface area (Å²) in [7, 11) is 0. The second kappa shape index (κ2) is 6.02. The molecular formula is C15H21ClN2O2. The van der Waals surface area contributed by atoms with Gasteiger partial charge in [0.15, 0.2) is 0 Å². The highest BCUT2D eigenvalue weighted by Crippen LogP contribution is 2.37. The third-order valence-corrected chi connectivity index (χ3v) is 4.42. The van der Waals surface area contributed by atoms with E-state index < -0.39 is 0 Å². The minimum atomic E-state index is -0.234. The first-order valence-electron chi connectivity index (χ1n) is 6.89. The van der Waals surface area contributed by atoms with Crippen molar-refractivity contribution in [3.8, 4) is 0 Å². The van der Waals surface area contributed by atoms with Crippen molar-refractivity contribution in [1.29, 1.82) is 0 Å². The van der Waals surface area contributed by atoms with Crippen molar-refractivity contribution in [3.05, 3.63) is 28.8 Å². The summed E-state index contributed by atoms with van der Waals surface area (Å²) in [5.41, 5.74) is 1.45. The first-order chi connectivity index (χ1) is 9.44. The van der Waals surface area contributed by atoms with E-state index in [0.717, 1.165) is 30.5 Å². The van der Waals surface area contributed by atoms with Crippen molar-refractivity contribution in [2.45, 2.75) is 39.2 Å². The minimum Gasteiger partial charge on any atom is -0.396 e. The zero-order chi connectivity index (χ0) is 14.8. The van der Waals surface area contributed by atoms with Gasteiger partial charge in [0.05, 0.1) is 6.61 Å². The first kappa shape index (κ1) is 15.1. The van der Waals surface area contributed by atoms with Gasteiger partial charge in [0.25, 0.3) is 0 Å². The Labute approximate surface area is 124 Å². The number of anilines is 1. The molecule has 0 radical (unpaired) electrons. The molecule has 1 saturated carbocycles. The molecule has 5 heteroatoms. The fourth-order valence-electron chi connectivity index (χ4n) is 2.75. The molecule has 2 amide bonds. The monoisotopic (exact) mass is 296 g/mol. The Morgan fingerprint density at radius 1 is 1.55 bits per heavy atom. The van der Waals surface area contributed by atoms with Gasteiger partial charge < -0.3 is 15.7 Å². The molecule has 0 aliphatic heterocycles. The maximum absolute atomic E-state index is 12.1.